The van der Waals surface area contributed by atoms with Crippen molar-refractivity contribution >= 4 is 11.3 Å². The first-order chi connectivity index (χ1) is 8.38. The molecule has 0 spiro atoms. The predicted molar refractivity (Wildman–Crippen MR) is 73.2 cm³/mol. The zero-order valence-electron chi connectivity index (χ0n) is 10.4. The van der Waals surface area contributed by atoms with Crippen LogP contribution in [-0.4, -0.2) is 24.6 Å². The predicted octanol–water partition coefficient (Wildman–Crippen LogP) is 2.04. The summed E-state index contributed by atoms with van der Waals surface area (Å²) >= 11 is 1.75. The largest absolute Gasteiger partial charge is 0.330 e. The average molecular weight is 253 g/mol. The minimum absolute atomic E-state index is 0.793. The lowest BCUT2D eigenvalue weighted by molar-refractivity contribution is 0.273. The highest BCUT2D eigenvalue weighted by atomic mass is 32.1. The summed E-state index contributed by atoms with van der Waals surface area (Å²) in [4.78, 5) is 4.29. The number of nitrogens with zero attached hydrogens (tertiary/aromatic N) is 1. The normalized spacial score (nSPS) is 25.0. The standard InChI is InChI=1S/C13H23N3S/c14-9-11-1-3-12(4-2-11)10-15-6-5-13-16-7-8-17-13/h7-8,11-12,15H,1-6,9-10,14H2. The molecule has 2 rings (SSSR count). The van der Waals surface area contributed by atoms with Crippen molar-refractivity contribution in [3.8, 4) is 0 Å². The summed E-state index contributed by atoms with van der Waals surface area (Å²) in [6.07, 6.45) is 8.31. The molecule has 0 bridgehead atoms. The number of rotatable bonds is 6. The molecule has 0 aromatic carbocycles. The molecule has 1 heterocycles. The summed E-state index contributed by atoms with van der Waals surface area (Å²) in [7, 11) is 0. The topological polar surface area (TPSA) is 50.9 Å². The highest BCUT2D eigenvalue weighted by molar-refractivity contribution is 7.09. The van der Waals surface area contributed by atoms with Crippen molar-refractivity contribution in [1.29, 1.82) is 0 Å². The van der Waals surface area contributed by atoms with E-state index in [2.05, 4.69) is 10.3 Å². The van der Waals surface area contributed by atoms with E-state index in [0.717, 1.165) is 31.3 Å². The van der Waals surface area contributed by atoms with Gasteiger partial charge in [0.05, 0.1) is 5.01 Å². The van der Waals surface area contributed by atoms with Gasteiger partial charge in [0.2, 0.25) is 0 Å². The van der Waals surface area contributed by atoms with Crippen LogP contribution in [0.15, 0.2) is 11.6 Å². The third-order valence-corrected chi connectivity index (χ3v) is 4.57. The molecule has 1 aliphatic carbocycles. The Hall–Kier alpha value is -0.450. The van der Waals surface area contributed by atoms with Crippen LogP contribution in [0.3, 0.4) is 0 Å². The van der Waals surface area contributed by atoms with Crippen molar-refractivity contribution in [1.82, 2.24) is 10.3 Å². The van der Waals surface area contributed by atoms with Gasteiger partial charge < -0.3 is 11.1 Å². The zero-order valence-corrected chi connectivity index (χ0v) is 11.2. The monoisotopic (exact) mass is 253 g/mol. The number of thiazole rings is 1. The Morgan fingerprint density at radius 1 is 1.29 bits per heavy atom. The fraction of sp³-hybridized carbons (Fsp3) is 0.769. The van der Waals surface area contributed by atoms with Crippen molar-refractivity contribution in [3.63, 3.8) is 0 Å². The SMILES string of the molecule is NCC1CCC(CNCCc2nccs2)CC1. The van der Waals surface area contributed by atoms with E-state index in [4.69, 9.17) is 5.73 Å². The van der Waals surface area contributed by atoms with Gasteiger partial charge in [-0.3, -0.25) is 0 Å². The second kappa shape index (κ2) is 7.09. The van der Waals surface area contributed by atoms with Gasteiger partial charge >= 0.3 is 0 Å². The minimum Gasteiger partial charge on any atom is -0.330 e. The van der Waals surface area contributed by atoms with E-state index in [1.807, 2.05) is 11.6 Å². The molecule has 0 radical (unpaired) electrons. The highest BCUT2D eigenvalue weighted by Crippen LogP contribution is 2.27. The average Bonchev–Trinajstić information content (AvgIpc) is 2.88. The molecule has 3 nitrogen and oxygen atoms in total. The van der Waals surface area contributed by atoms with Gasteiger partial charge in [0.15, 0.2) is 0 Å². The van der Waals surface area contributed by atoms with Gasteiger partial charge in [0, 0.05) is 24.5 Å². The van der Waals surface area contributed by atoms with Gasteiger partial charge in [-0.05, 0) is 50.6 Å². The van der Waals surface area contributed by atoms with Gasteiger partial charge in [-0.25, -0.2) is 4.98 Å². The van der Waals surface area contributed by atoms with Crippen molar-refractivity contribution in [3.05, 3.63) is 16.6 Å². The van der Waals surface area contributed by atoms with Crippen LogP contribution in [0, 0.1) is 11.8 Å². The van der Waals surface area contributed by atoms with Crippen LogP contribution < -0.4 is 11.1 Å². The van der Waals surface area contributed by atoms with E-state index >= 15 is 0 Å². The van der Waals surface area contributed by atoms with Crippen molar-refractivity contribution < 1.29 is 0 Å². The van der Waals surface area contributed by atoms with Crippen LogP contribution in [0.5, 0.6) is 0 Å². The molecular formula is C13H23N3S. The molecule has 1 aromatic heterocycles. The van der Waals surface area contributed by atoms with Crippen LogP contribution in [0.1, 0.15) is 30.7 Å². The van der Waals surface area contributed by atoms with Gasteiger partial charge in [0.1, 0.15) is 0 Å². The van der Waals surface area contributed by atoms with Gasteiger partial charge in [-0.2, -0.15) is 0 Å². The number of aromatic nitrogens is 1. The molecule has 3 N–H and O–H groups in total. The molecule has 17 heavy (non-hydrogen) atoms. The first kappa shape index (κ1) is 13.0. The highest BCUT2D eigenvalue weighted by Gasteiger charge is 2.19. The van der Waals surface area contributed by atoms with Crippen LogP contribution >= 0.6 is 11.3 Å². The Morgan fingerprint density at radius 2 is 2.06 bits per heavy atom. The molecule has 0 aliphatic heterocycles. The number of nitrogens with two attached hydrogens (primary N) is 1. The Kier molecular flexibility index (Phi) is 5.42. The Labute approximate surface area is 108 Å². The Balaban J connectivity index is 1.54. The third kappa shape index (κ3) is 4.37. The van der Waals surface area contributed by atoms with Crippen molar-refractivity contribution in [2.75, 3.05) is 19.6 Å². The van der Waals surface area contributed by atoms with E-state index < -0.39 is 0 Å². The molecular weight excluding hydrogens is 230 g/mol. The van der Waals surface area contributed by atoms with Gasteiger partial charge in [0.25, 0.3) is 0 Å². The maximum Gasteiger partial charge on any atom is 0.0937 e. The summed E-state index contributed by atoms with van der Waals surface area (Å²) in [5, 5.41) is 6.85. The molecule has 96 valence electrons. The molecule has 1 saturated carbocycles. The summed E-state index contributed by atoms with van der Waals surface area (Å²) in [6.45, 7) is 3.11. The molecule has 0 atom stereocenters. The summed E-state index contributed by atoms with van der Waals surface area (Å²) in [5.41, 5.74) is 5.70. The van der Waals surface area contributed by atoms with E-state index in [1.165, 1.54) is 37.2 Å². The molecule has 0 amide bonds. The Morgan fingerprint density at radius 3 is 2.71 bits per heavy atom. The number of hydrogen-bond donors (Lipinski definition) is 2. The number of hydrogen-bond acceptors (Lipinski definition) is 4. The van der Waals surface area contributed by atoms with Crippen LogP contribution in [0.4, 0.5) is 0 Å². The zero-order chi connectivity index (χ0) is 11.9. The summed E-state index contributed by atoms with van der Waals surface area (Å²) in [6, 6.07) is 0. The van der Waals surface area contributed by atoms with Crippen LogP contribution in [0.25, 0.3) is 0 Å². The first-order valence-electron chi connectivity index (χ1n) is 6.67. The van der Waals surface area contributed by atoms with Crippen LogP contribution in [0.2, 0.25) is 0 Å². The maximum atomic E-state index is 5.70. The van der Waals surface area contributed by atoms with E-state index in [0.29, 0.717) is 0 Å². The lowest BCUT2D eigenvalue weighted by Gasteiger charge is -2.27. The molecule has 0 unspecified atom stereocenters. The first-order valence-corrected chi connectivity index (χ1v) is 7.55. The summed E-state index contributed by atoms with van der Waals surface area (Å²) < 4.78 is 0. The third-order valence-electron chi connectivity index (χ3n) is 3.73. The lowest BCUT2D eigenvalue weighted by atomic mass is 9.82. The Bertz CT molecular complexity index is 292. The molecule has 1 fully saturated rings. The lowest BCUT2D eigenvalue weighted by Crippen LogP contribution is -2.29. The van der Waals surface area contributed by atoms with E-state index in [9.17, 15) is 0 Å². The molecule has 1 aliphatic rings. The van der Waals surface area contributed by atoms with E-state index in [-0.39, 0.29) is 0 Å². The van der Waals surface area contributed by atoms with Crippen molar-refractivity contribution in [2.24, 2.45) is 17.6 Å². The molecule has 1 aromatic rings. The smallest absolute Gasteiger partial charge is 0.0937 e. The minimum atomic E-state index is 0.793. The second-order valence-electron chi connectivity index (χ2n) is 5.00. The quantitative estimate of drug-likeness (QED) is 0.763. The second-order valence-corrected chi connectivity index (χ2v) is 5.98. The summed E-state index contributed by atoms with van der Waals surface area (Å²) in [5.74, 6) is 1.66. The van der Waals surface area contributed by atoms with E-state index in [1.54, 1.807) is 11.3 Å². The van der Waals surface area contributed by atoms with Crippen molar-refractivity contribution in [2.45, 2.75) is 32.1 Å². The van der Waals surface area contributed by atoms with Gasteiger partial charge in [-0.1, -0.05) is 0 Å². The maximum absolute atomic E-state index is 5.70. The molecule has 0 saturated heterocycles. The fourth-order valence-corrected chi connectivity index (χ4v) is 3.17. The number of nitrogens with one attached hydrogen (secondary N) is 1. The van der Waals surface area contributed by atoms with Crippen LogP contribution in [-0.2, 0) is 6.42 Å². The molecule has 4 heteroatoms. The fourth-order valence-electron chi connectivity index (χ4n) is 2.55. The van der Waals surface area contributed by atoms with Gasteiger partial charge in [-0.15, -0.1) is 11.3 Å².